The molecule has 0 atom stereocenters. The van der Waals surface area contributed by atoms with Crippen LogP contribution in [-0.4, -0.2) is 4.98 Å². The molecule has 1 N–H and O–H groups in total. The van der Waals surface area contributed by atoms with Crippen LogP contribution < -0.4 is 0 Å². The third-order valence-electron chi connectivity index (χ3n) is 0.824. The van der Waals surface area contributed by atoms with Crippen LogP contribution in [0.1, 0.15) is 0 Å². The van der Waals surface area contributed by atoms with Gasteiger partial charge >= 0.3 is 0 Å². The van der Waals surface area contributed by atoms with Crippen molar-refractivity contribution in [3.05, 3.63) is 25.8 Å². The third kappa shape index (κ3) is 1.88. The van der Waals surface area contributed by atoms with Crippen LogP contribution in [0.5, 0.6) is 0 Å². The quantitative estimate of drug-likeness (QED) is 0.564. The zero-order valence-corrected chi connectivity index (χ0v) is 8.31. The van der Waals surface area contributed by atoms with Crippen molar-refractivity contribution in [2.24, 2.45) is 0 Å². The molecule has 0 aliphatic carbocycles. The van der Waals surface area contributed by atoms with Crippen LogP contribution in [-0.2, 0) is 0 Å². The van der Waals surface area contributed by atoms with Crippen molar-refractivity contribution in [2.75, 3.05) is 0 Å². The summed E-state index contributed by atoms with van der Waals surface area (Å²) in [5.74, 6) is 0. The van der Waals surface area contributed by atoms with E-state index in [0.717, 1.165) is 13.7 Å². The van der Waals surface area contributed by atoms with Gasteiger partial charge in [-0.1, -0.05) is 12.2 Å². The zero-order valence-electron chi connectivity index (χ0n) is 4.32. The molecule has 1 aromatic heterocycles. The molecule has 0 aromatic carbocycles. The van der Waals surface area contributed by atoms with Gasteiger partial charge in [0.15, 0.2) is 0 Å². The molecule has 0 spiro atoms. The summed E-state index contributed by atoms with van der Waals surface area (Å²) in [5.41, 5.74) is 0. The monoisotopic (exact) mass is 267 g/mol. The molecule has 1 aromatic rings. The number of nitrogens with one attached hydrogen (secondary N) is 1. The van der Waals surface area contributed by atoms with Crippen LogP contribution in [0.3, 0.4) is 0 Å². The van der Waals surface area contributed by atoms with Crippen molar-refractivity contribution in [2.45, 2.75) is 0 Å². The van der Waals surface area contributed by atoms with Gasteiger partial charge in [-0.2, -0.15) is 0 Å². The molecule has 0 aliphatic heterocycles. The van der Waals surface area contributed by atoms with Gasteiger partial charge in [0, 0.05) is 4.47 Å². The predicted octanol–water partition coefficient (Wildman–Crippen LogP) is 3.27. The second kappa shape index (κ2) is 2.94. The Hall–Kier alpha value is 0.330. The lowest BCUT2D eigenvalue weighted by molar-refractivity contribution is 1.23. The second-order valence-electron chi connectivity index (χ2n) is 1.48. The molecule has 9 heavy (non-hydrogen) atoms. The number of pyridine rings is 1. The maximum absolute atomic E-state index is 4.85. The molecule has 48 valence electrons. The highest BCUT2D eigenvalue weighted by Crippen LogP contribution is 2.18. The van der Waals surface area contributed by atoms with E-state index in [1.807, 2.05) is 12.1 Å². The van der Waals surface area contributed by atoms with Crippen molar-refractivity contribution in [3.63, 3.8) is 0 Å². The minimum absolute atomic E-state index is 0.727. The molecule has 0 saturated carbocycles. The third-order valence-corrected chi connectivity index (χ3v) is 2.88. The van der Waals surface area contributed by atoms with E-state index >= 15 is 0 Å². The first kappa shape index (κ1) is 7.44. The number of rotatable bonds is 0. The topological polar surface area (TPSA) is 15.8 Å². The van der Waals surface area contributed by atoms with Crippen molar-refractivity contribution >= 4 is 44.1 Å². The standard InChI is InChI=1S/C5H3Br2NS/c6-3-1-2-4(9)8-5(3)7/h1-2H,(H,8,9). The van der Waals surface area contributed by atoms with Gasteiger partial charge in [-0.25, -0.2) is 0 Å². The lowest BCUT2D eigenvalue weighted by Gasteiger charge is -1.92. The minimum Gasteiger partial charge on any atom is -0.340 e. The fraction of sp³-hybridized carbons (Fsp3) is 0. The van der Waals surface area contributed by atoms with Crippen LogP contribution in [0.25, 0.3) is 0 Å². The van der Waals surface area contributed by atoms with Gasteiger partial charge in [-0.3, -0.25) is 0 Å². The smallest absolute Gasteiger partial charge is 0.104 e. The first-order chi connectivity index (χ1) is 4.20. The molecule has 4 heteroatoms. The first-order valence-electron chi connectivity index (χ1n) is 2.24. The molecule has 0 fully saturated rings. The average Bonchev–Trinajstić information content (AvgIpc) is 1.80. The Morgan fingerprint density at radius 2 is 2.00 bits per heavy atom. The molecule has 0 saturated heterocycles. The minimum atomic E-state index is 0.727. The van der Waals surface area contributed by atoms with E-state index in [1.54, 1.807) is 0 Å². The Balaban J connectivity index is 3.34. The Kier molecular flexibility index (Phi) is 2.43. The summed E-state index contributed by atoms with van der Waals surface area (Å²) < 4.78 is 2.59. The highest BCUT2D eigenvalue weighted by atomic mass is 79.9. The Bertz CT molecular complexity index is 268. The van der Waals surface area contributed by atoms with E-state index in [-0.39, 0.29) is 0 Å². The van der Waals surface area contributed by atoms with Gasteiger partial charge in [0.2, 0.25) is 0 Å². The largest absolute Gasteiger partial charge is 0.340 e. The van der Waals surface area contributed by atoms with E-state index in [0.29, 0.717) is 0 Å². The predicted molar refractivity (Wildman–Crippen MR) is 47.0 cm³/mol. The van der Waals surface area contributed by atoms with E-state index in [4.69, 9.17) is 12.2 Å². The lowest BCUT2D eigenvalue weighted by atomic mass is 10.5. The maximum Gasteiger partial charge on any atom is 0.104 e. The fourth-order valence-electron chi connectivity index (χ4n) is 0.432. The molecule has 0 radical (unpaired) electrons. The van der Waals surface area contributed by atoms with E-state index in [2.05, 4.69) is 36.8 Å². The number of halogens is 2. The summed E-state index contributed by atoms with van der Waals surface area (Å²) >= 11 is 11.4. The second-order valence-corrected chi connectivity index (χ2v) is 3.57. The fourth-order valence-corrected chi connectivity index (χ4v) is 1.31. The number of hydrogen-bond donors (Lipinski definition) is 1. The van der Waals surface area contributed by atoms with Crippen LogP contribution in [0, 0.1) is 4.64 Å². The van der Waals surface area contributed by atoms with Crippen LogP contribution in [0.4, 0.5) is 0 Å². The average molecular weight is 269 g/mol. The summed E-state index contributed by atoms with van der Waals surface area (Å²) in [6.45, 7) is 0. The van der Waals surface area contributed by atoms with Gasteiger partial charge in [-0.15, -0.1) is 0 Å². The Morgan fingerprint density at radius 1 is 1.33 bits per heavy atom. The maximum atomic E-state index is 4.85. The highest BCUT2D eigenvalue weighted by Gasteiger charge is 1.90. The molecular weight excluding hydrogens is 266 g/mol. The summed E-state index contributed by atoms with van der Waals surface area (Å²) in [6, 6.07) is 3.72. The van der Waals surface area contributed by atoms with Crippen molar-refractivity contribution < 1.29 is 0 Å². The van der Waals surface area contributed by atoms with Crippen LogP contribution in [0.2, 0.25) is 0 Å². The summed E-state index contributed by atoms with van der Waals surface area (Å²) in [7, 11) is 0. The number of aromatic nitrogens is 1. The van der Waals surface area contributed by atoms with Gasteiger partial charge in [0.25, 0.3) is 0 Å². The number of H-pyrrole nitrogens is 1. The Labute approximate surface area is 74.7 Å². The van der Waals surface area contributed by atoms with E-state index < -0.39 is 0 Å². The van der Waals surface area contributed by atoms with Crippen molar-refractivity contribution in [1.29, 1.82) is 0 Å². The first-order valence-corrected chi connectivity index (χ1v) is 4.24. The molecule has 1 rings (SSSR count). The van der Waals surface area contributed by atoms with Gasteiger partial charge in [0.1, 0.15) is 4.64 Å². The van der Waals surface area contributed by atoms with Crippen LogP contribution in [0.15, 0.2) is 21.2 Å². The molecular formula is C5H3Br2NS. The molecule has 1 nitrogen and oxygen atoms in total. The van der Waals surface area contributed by atoms with Crippen molar-refractivity contribution in [3.8, 4) is 0 Å². The lowest BCUT2D eigenvalue weighted by Crippen LogP contribution is -1.75. The normalized spacial score (nSPS) is 9.56. The summed E-state index contributed by atoms with van der Waals surface area (Å²) in [6.07, 6.45) is 0. The molecule has 1 heterocycles. The zero-order chi connectivity index (χ0) is 6.85. The molecule has 0 bridgehead atoms. The molecule has 0 amide bonds. The van der Waals surface area contributed by atoms with E-state index in [9.17, 15) is 0 Å². The molecule has 0 aliphatic rings. The van der Waals surface area contributed by atoms with Gasteiger partial charge in [0.05, 0.1) is 4.60 Å². The SMILES string of the molecule is S=c1ccc(Br)c(Br)[nH]1. The van der Waals surface area contributed by atoms with Gasteiger partial charge < -0.3 is 4.98 Å². The number of aromatic amines is 1. The van der Waals surface area contributed by atoms with Crippen LogP contribution >= 0.6 is 44.1 Å². The molecule has 0 unspecified atom stereocenters. The highest BCUT2D eigenvalue weighted by molar-refractivity contribution is 9.13. The Morgan fingerprint density at radius 3 is 2.44 bits per heavy atom. The van der Waals surface area contributed by atoms with Crippen molar-refractivity contribution in [1.82, 2.24) is 4.98 Å². The summed E-state index contributed by atoms with van der Waals surface area (Å²) in [4.78, 5) is 2.92. The van der Waals surface area contributed by atoms with Gasteiger partial charge in [-0.05, 0) is 44.0 Å². The summed E-state index contributed by atoms with van der Waals surface area (Å²) in [5, 5.41) is 0. The van der Waals surface area contributed by atoms with E-state index in [1.165, 1.54) is 0 Å². The number of hydrogen-bond acceptors (Lipinski definition) is 1.